The van der Waals surface area contributed by atoms with Gasteiger partial charge in [0.15, 0.2) is 0 Å². The van der Waals surface area contributed by atoms with Gasteiger partial charge in [-0.2, -0.15) is 0 Å². The van der Waals surface area contributed by atoms with Gasteiger partial charge in [0.25, 0.3) is 0 Å². The zero-order chi connectivity index (χ0) is 19.5. The van der Waals surface area contributed by atoms with Crippen molar-refractivity contribution in [3.8, 4) is 33.9 Å². The minimum atomic E-state index is -0.353. The monoisotopic (exact) mass is 369 g/mol. The van der Waals surface area contributed by atoms with Crippen molar-refractivity contribution in [2.45, 2.75) is 0 Å². The normalized spacial score (nSPS) is 10.6. The summed E-state index contributed by atoms with van der Waals surface area (Å²) < 4.78 is 6.86. The molecular weight excluding hydrogens is 350 g/mol. The molecule has 0 aliphatic heterocycles. The van der Waals surface area contributed by atoms with Crippen LogP contribution in [0.15, 0.2) is 79.1 Å². The van der Waals surface area contributed by atoms with Crippen LogP contribution in [0.5, 0.6) is 0 Å². The summed E-state index contributed by atoms with van der Waals surface area (Å²) in [6.07, 6.45) is 3.53. The highest BCUT2D eigenvalue weighted by molar-refractivity contribution is 5.90. The molecule has 0 unspecified atom stereocenters. The summed E-state index contributed by atoms with van der Waals surface area (Å²) in [6.45, 7) is 0. The zero-order valence-corrected chi connectivity index (χ0v) is 15.7. The second-order valence-electron chi connectivity index (χ2n) is 6.36. The van der Waals surface area contributed by atoms with Crippen molar-refractivity contribution in [1.29, 1.82) is 0 Å². The van der Waals surface area contributed by atoms with E-state index in [9.17, 15) is 4.79 Å². The Bertz CT molecular complexity index is 1100. The van der Waals surface area contributed by atoms with Gasteiger partial charge in [-0.3, -0.25) is 4.98 Å². The van der Waals surface area contributed by atoms with Gasteiger partial charge in [0.2, 0.25) is 0 Å². The van der Waals surface area contributed by atoms with Crippen LogP contribution in [0.4, 0.5) is 0 Å². The van der Waals surface area contributed by atoms with Gasteiger partial charge in [-0.25, -0.2) is 9.78 Å². The summed E-state index contributed by atoms with van der Waals surface area (Å²) in [4.78, 5) is 20.8. The average molecular weight is 369 g/mol. The van der Waals surface area contributed by atoms with E-state index in [0.717, 1.165) is 33.9 Å². The summed E-state index contributed by atoms with van der Waals surface area (Å²) in [7, 11) is 3.38. The molecule has 0 amide bonds. The molecule has 0 fully saturated rings. The number of ether oxygens (including phenoxy) is 1. The Balaban J connectivity index is 1.88. The molecular formula is C23H19N3O2. The first-order valence-corrected chi connectivity index (χ1v) is 8.90. The van der Waals surface area contributed by atoms with Crippen molar-refractivity contribution in [1.82, 2.24) is 14.5 Å². The highest BCUT2D eigenvalue weighted by atomic mass is 16.5. The molecule has 0 aliphatic rings. The minimum absolute atomic E-state index is 0.353. The number of hydrogen-bond donors (Lipinski definition) is 0. The third kappa shape index (κ3) is 3.18. The molecule has 28 heavy (non-hydrogen) atoms. The number of methoxy groups -OCH3 is 1. The Morgan fingerprint density at radius 2 is 1.54 bits per heavy atom. The van der Waals surface area contributed by atoms with E-state index < -0.39 is 0 Å². The highest BCUT2D eigenvalue weighted by Crippen LogP contribution is 2.35. The molecule has 0 saturated carbocycles. The van der Waals surface area contributed by atoms with Gasteiger partial charge in [-0.05, 0) is 24.3 Å². The molecule has 5 heteroatoms. The number of pyridine rings is 1. The molecule has 2 aromatic carbocycles. The SMILES string of the molecule is COC(=O)c1ccc(-c2nc(-c3ccncc3)c(-c3ccccc3)n2C)cc1. The molecule has 2 heterocycles. The lowest BCUT2D eigenvalue weighted by molar-refractivity contribution is 0.0601. The lowest BCUT2D eigenvalue weighted by Crippen LogP contribution is -2.01. The van der Waals surface area contributed by atoms with E-state index in [2.05, 4.69) is 21.7 Å². The average Bonchev–Trinajstić information content (AvgIpc) is 3.11. The number of aromatic nitrogens is 3. The van der Waals surface area contributed by atoms with E-state index in [1.54, 1.807) is 24.5 Å². The Labute approximate surface area is 163 Å². The maximum absolute atomic E-state index is 11.7. The molecule has 4 aromatic rings. The fourth-order valence-electron chi connectivity index (χ4n) is 3.27. The second-order valence-corrected chi connectivity index (χ2v) is 6.36. The number of rotatable bonds is 4. The number of carbonyl (C=O) groups excluding carboxylic acids is 1. The van der Waals surface area contributed by atoms with Crippen LogP contribution in [-0.2, 0) is 11.8 Å². The van der Waals surface area contributed by atoms with E-state index >= 15 is 0 Å². The van der Waals surface area contributed by atoms with Crippen LogP contribution < -0.4 is 0 Å². The number of imidazole rings is 1. The van der Waals surface area contributed by atoms with Crippen molar-refractivity contribution >= 4 is 5.97 Å². The summed E-state index contributed by atoms with van der Waals surface area (Å²) in [5, 5.41) is 0. The van der Waals surface area contributed by atoms with Crippen molar-refractivity contribution in [2.75, 3.05) is 7.11 Å². The topological polar surface area (TPSA) is 57.0 Å². The Morgan fingerprint density at radius 3 is 2.18 bits per heavy atom. The Hall–Kier alpha value is -3.73. The lowest BCUT2D eigenvalue weighted by Gasteiger charge is -2.08. The summed E-state index contributed by atoms with van der Waals surface area (Å²) in [6, 6.07) is 21.4. The number of nitrogens with zero attached hydrogens (tertiary/aromatic N) is 3. The molecule has 2 aromatic heterocycles. The van der Waals surface area contributed by atoms with E-state index in [-0.39, 0.29) is 5.97 Å². The number of benzene rings is 2. The largest absolute Gasteiger partial charge is 0.465 e. The van der Waals surface area contributed by atoms with Gasteiger partial charge >= 0.3 is 5.97 Å². The van der Waals surface area contributed by atoms with E-state index in [1.807, 2.05) is 49.5 Å². The number of hydrogen-bond acceptors (Lipinski definition) is 4. The molecule has 5 nitrogen and oxygen atoms in total. The van der Waals surface area contributed by atoms with Gasteiger partial charge in [-0.15, -0.1) is 0 Å². The zero-order valence-electron chi connectivity index (χ0n) is 15.7. The van der Waals surface area contributed by atoms with Crippen LogP contribution in [0.3, 0.4) is 0 Å². The maximum atomic E-state index is 11.7. The summed E-state index contributed by atoms with van der Waals surface area (Å²) in [5.41, 5.74) is 5.44. The Morgan fingerprint density at radius 1 is 0.857 bits per heavy atom. The fraction of sp³-hybridized carbons (Fsp3) is 0.0870. The van der Waals surface area contributed by atoms with Crippen LogP contribution in [0, 0.1) is 0 Å². The predicted molar refractivity (Wildman–Crippen MR) is 109 cm³/mol. The lowest BCUT2D eigenvalue weighted by atomic mass is 10.1. The van der Waals surface area contributed by atoms with Gasteiger partial charge < -0.3 is 9.30 Å². The van der Waals surface area contributed by atoms with Crippen molar-refractivity contribution < 1.29 is 9.53 Å². The maximum Gasteiger partial charge on any atom is 0.337 e. The van der Waals surface area contributed by atoms with E-state index in [1.165, 1.54) is 7.11 Å². The van der Waals surface area contributed by atoms with Crippen molar-refractivity contribution in [3.63, 3.8) is 0 Å². The molecule has 0 spiro atoms. The molecule has 0 aliphatic carbocycles. The first-order valence-electron chi connectivity index (χ1n) is 8.90. The molecule has 0 atom stereocenters. The third-order valence-corrected chi connectivity index (χ3v) is 4.66. The standard InChI is InChI=1S/C23H19N3O2/c1-26-21(17-6-4-3-5-7-17)20(16-12-14-24-15-13-16)25-22(26)18-8-10-19(11-9-18)23(27)28-2/h3-15H,1-2H3. The number of esters is 1. The molecule has 4 rings (SSSR count). The highest BCUT2D eigenvalue weighted by Gasteiger charge is 2.19. The van der Waals surface area contributed by atoms with Crippen LogP contribution in [0.25, 0.3) is 33.9 Å². The fourth-order valence-corrected chi connectivity index (χ4v) is 3.27. The van der Waals surface area contributed by atoms with Gasteiger partial charge in [-0.1, -0.05) is 42.5 Å². The van der Waals surface area contributed by atoms with E-state index in [0.29, 0.717) is 5.56 Å². The Kier molecular flexibility index (Phi) is 4.72. The second kappa shape index (κ2) is 7.48. The summed E-state index contributed by atoms with van der Waals surface area (Å²) in [5.74, 6) is 0.468. The van der Waals surface area contributed by atoms with Crippen LogP contribution in [0.1, 0.15) is 10.4 Å². The van der Waals surface area contributed by atoms with Crippen LogP contribution in [-0.4, -0.2) is 27.6 Å². The van der Waals surface area contributed by atoms with Gasteiger partial charge in [0, 0.05) is 36.1 Å². The molecule has 138 valence electrons. The minimum Gasteiger partial charge on any atom is -0.465 e. The molecule has 0 saturated heterocycles. The smallest absolute Gasteiger partial charge is 0.337 e. The van der Waals surface area contributed by atoms with Crippen molar-refractivity contribution in [3.05, 3.63) is 84.7 Å². The molecule has 0 bridgehead atoms. The quantitative estimate of drug-likeness (QED) is 0.493. The number of carbonyl (C=O) groups is 1. The first kappa shape index (κ1) is 17.7. The summed E-state index contributed by atoms with van der Waals surface area (Å²) >= 11 is 0. The van der Waals surface area contributed by atoms with Gasteiger partial charge in [0.05, 0.1) is 24.1 Å². The molecule has 0 radical (unpaired) electrons. The first-order chi connectivity index (χ1) is 13.7. The molecule has 0 N–H and O–H groups in total. The van der Waals surface area contributed by atoms with Crippen molar-refractivity contribution in [2.24, 2.45) is 7.05 Å². The predicted octanol–water partition coefficient (Wildman–Crippen LogP) is 4.60. The van der Waals surface area contributed by atoms with Crippen LogP contribution in [0.2, 0.25) is 0 Å². The van der Waals surface area contributed by atoms with Gasteiger partial charge in [0.1, 0.15) is 5.82 Å². The van der Waals surface area contributed by atoms with E-state index in [4.69, 9.17) is 9.72 Å². The van der Waals surface area contributed by atoms with Crippen LogP contribution >= 0.6 is 0 Å². The third-order valence-electron chi connectivity index (χ3n) is 4.66.